The Morgan fingerprint density at radius 2 is 2.12 bits per heavy atom. The number of thiophene rings is 1. The van der Waals surface area contributed by atoms with Crippen LogP contribution in [0.3, 0.4) is 0 Å². The molecular weight excluding hydrogens is 446 g/mol. The number of hydrogen-bond donors (Lipinski definition) is 1. The minimum Gasteiger partial charge on any atom is -0.376 e. The van der Waals surface area contributed by atoms with Gasteiger partial charge in [0.1, 0.15) is 4.70 Å². The summed E-state index contributed by atoms with van der Waals surface area (Å²) < 4.78 is 9.92. The van der Waals surface area contributed by atoms with Crippen LogP contribution in [0.25, 0.3) is 16.0 Å². The molecule has 1 atom stereocenters. The van der Waals surface area contributed by atoms with Crippen LogP contribution in [0.5, 0.6) is 0 Å². The average molecular weight is 470 g/mol. The smallest absolute Gasteiger partial charge is 0.272 e. The van der Waals surface area contributed by atoms with Gasteiger partial charge < -0.3 is 10.1 Å². The Kier molecular flexibility index (Phi) is 5.99. The highest BCUT2D eigenvalue weighted by molar-refractivity contribution is 7.99. The number of nitrogens with one attached hydrogen (secondary N) is 1. The number of thioether (sulfide) groups is 1. The number of hydrogen-bond acceptors (Lipinski definition) is 7. The van der Waals surface area contributed by atoms with Crippen molar-refractivity contribution in [2.75, 3.05) is 12.4 Å². The number of aryl methyl sites for hydroxylation is 1. The minimum absolute atomic E-state index is 0.00858. The quantitative estimate of drug-likeness (QED) is 0.419. The van der Waals surface area contributed by atoms with Crippen molar-refractivity contribution in [1.29, 1.82) is 0 Å². The van der Waals surface area contributed by atoms with E-state index in [1.807, 2.05) is 47.0 Å². The maximum Gasteiger partial charge on any atom is 0.272 e. The third kappa shape index (κ3) is 4.17. The maximum absolute atomic E-state index is 13.1. The molecule has 10 heteroatoms. The molecule has 32 heavy (non-hydrogen) atoms. The molecule has 0 bridgehead atoms. The highest BCUT2D eigenvalue weighted by atomic mass is 32.2. The van der Waals surface area contributed by atoms with Crippen LogP contribution in [0.15, 0.2) is 45.7 Å². The largest absolute Gasteiger partial charge is 0.376 e. The van der Waals surface area contributed by atoms with Crippen molar-refractivity contribution in [3.8, 4) is 0 Å². The number of rotatable bonds is 7. The van der Waals surface area contributed by atoms with Gasteiger partial charge in [-0.1, -0.05) is 41.6 Å². The van der Waals surface area contributed by atoms with Gasteiger partial charge in [-0.05, 0) is 36.8 Å². The third-order valence-corrected chi connectivity index (χ3v) is 7.36. The highest BCUT2D eigenvalue weighted by Gasteiger charge is 2.22. The van der Waals surface area contributed by atoms with Gasteiger partial charge in [0.15, 0.2) is 5.16 Å². The first kappa shape index (κ1) is 21.2. The minimum atomic E-state index is -0.0819. The lowest BCUT2D eigenvalue weighted by molar-refractivity contribution is -0.118. The molecular formula is C22H23N5O3S2. The standard InChI is InChI=1S/C22H23N5O3S2/c1-14-4-6-15(7-5-14)11-23-18(28)13-32-22-25-24-21-26(12-16-3-2-9-30-16)20(29)19-17(27(21)22)8-10-31-19/h4-8,10,16H,2-3,9,11-13H2,1H3,(H,23,28)/t16-/m0/s1. The molecule has 0 radical (unpaired) electrons. The summed E-state index contributed by atoms with van der Waals surface area (Å²) in [5.41, 5.74) is 2.94. The van der Waals surface area contributed by atoms with Gasteiger partial charge >= 0.3 is 0 Å². The van der Waals surface area contributed by atoms with Gasteiger partial charge in [0.2, 0.25) is 11.7 Å². The van der Waals surface area contributed by atoms with Gasteiger partial charge in [0.05, 0.1) is 23.9 Å². The number of carbonyl (C=O) groups excluding carboxylic acids is 1. The first-order valence-electron chi connectivity index (χ1n) is 10.5. The average Bonchev–Trinajstić information content (AvgIpc) is 3.55. The molecule has 4 aromatic rings. The molecule has 166 valence electrons. The van der Waals surface area contributed by atoms with E-state index in [0.29, 0.717) is 28.7 Å². The molecule has 3 aromatic heterocycles. The monoisotopic (exact) mass is 469 g/mol. The molecule has 1 amide bonds. The Hall–Kier alpha value is -2.69. The lowest BCUT2D eigenvalue weighted by atomic mass is 10.1. The molecule has 1 N–H and O–H groups in total. The molecule has 8 nitrogen and oxygen atoms in total. The summed E-state index contributed by atoms with van der Waals surface area (Å²) in [5, 5.41) is 14.0. The molecule has 0 spiro atoms. The van der Waals surface area contributed by atoms with Crippen molar-refractivity contribution in [3.63, 3.8) is 0 Å². The SMILES string of the molecule is Cc1ccc(CNC(=O)CSc2nnc3n(C[C@@H]4CCCO4)c(=O)c4sccc4n23)cc1. The van der Waals surface area contributed by atoms with Crippen LogP contribution >= 0.6 is 23.1 Å². The van der Waals surface area contributed by atoms with Gasteiger partial charge in [-0.3, -0.25) is 18.6 Å². The topological polar surface area (TPSA) is 90.5 Å². The van der Waals surface area contributed by atoms with Crippen molar-refractivity contribution < 1.29 is 9.53 Å². The first-order valence-corrected chi connectivity index (χ1v) is 12.4. The van der Waals surface area contributed by atoms with E-state index in [-0.39, 0.29) is 23.3 Å². The zero-order valence-electron chi connectivity index (χ0n) is 17.6. The molecule has 1 aliphatic rings. The normalized spacial score (nSPS) is 16.2. The summed E-state index contributed by atoms with van der Waals surface area (Å²) >= 11 is 2.72. The molecule has 0 aliphatic carbocycles. The number of amides is 1. The van der Waals surface area contributed by atoms with Crippen molar-refractivity contribution in [2.45, 2.75) is 44.1 Å². The second kappa shape index (κ2) is 9.05. The Balaban J connectivity index is 1.36. The summed E-state index contributed by atoms with van der Waals surface area (Å²) in [7, 11) is 0. The number of benzene rings is 1. The molecule has 5 rings (SSSR count). The van der Waals surface area contributed by atoms with E-state index in [2.05, 4.69) is 15.5 Å². The number of aromatic nitrogens is 4. The van der Waals surface area contributed by atoms with E-state index >= 15 is 0 Å². The Bertz CT molecular complexity index is 1320. The Morgan fingerprint density at radius 1 is 1.28 bits per heavy atom. The van der Waals surface area contributed by atoms with Gasteiger partial charge in [-0.2, -0.15) is 0 Å². The van der Waals surface area contributed by atoms with Crippen LogP contribution in [-0.2, 0) is 22.6 Å². The Morgan fingerprint density at radius 3 is 2.91 bits per heavy atom. The summed E-state index contributed by atoms with van der Waals surface area (Å²) in [6.45, 7) is 3.70. The van der Waals surface area contributed by atoms with Gasteiger partial charge in [-0.25, -0.2) is 0 Å². The number of nitrogens with zero attached hydrogens (tertiary/aromatic N) is 4. The van der Waals surface area contributed by atoms with E-state index in [9.17, 15) is 9.59 Å². The van der Waals surface area contributed by atoms with Crippen LogP contribution < -0.4 is 10.9 Å². The Labute approximate surface area is 192 Å². The predicted octanol–water partition coefficient (Wildman–Crippen LogP) is 3.00. The summed E-state index contributed by atoms with van der Waals surface area (Å²) in [5.74, 6) is 0.615. The molecule has 1 aromatic carbocycles. The lowest BCUT2D eigenvalue weighted by Crippen LogP contribution is -2.28. The fourth-order valence-electron chi connectivity index (χ4n) is 3.84. The molecule has 4 heterocycles. The molecule has 1 saturated heterocycles. The second-order valence-electron chi connectivity index (χ2n) is 7.85. The molecule has 1 aliphatic heterocycles. The first-order chi connectivity index (χ1) is 15.6. The van der Waals surface area contributed by atoms with Crippen LogP contribution in [0.2, 0.25) is 0 Å². The molecule has 1 fully saturated rings. The summed E-state index contributed by atoms with van der Waals surface area (Å²) in [6, 6.07) is 9.97. The number of carbonyl (C=O) groups is 1. The van der Waals surface area contributed by atoms with Crippen LogP contribution in [0, 0.1) is 6.92 Å². The second-order valence-corrected chi connectivity index (χ2v) is 9.71. The maximum atomic E-state index is 13.1. The van der Waals surface area contributed by atoms with Crippen molar-refractivity contribution >= 4 is 45.0 Å². The van der Waals surface area contributed by atoms with E-state index in [0.717, 1.165) is 30.5 Å². The molecule has 0 saturated carbocycles. The predicted molar refractivity (Wildman–Crippen MR) is 125 cm³/mol. The van der Waals surface area contributed by atoms with Gasteiger partial charge in [0, 0.05) is 13.2 Å². The van der Waals surface area contributed by atoms with E-state index in [1.165, 1.54) is 28.7 Å². The summed E-state index contributed by atoms with van der Waals surface area (Å²) in [6.07, 6.45) is 1.94. The van der Waals surface area contributed by atoms with Gasteiger partial charge in [0.25, 0.3) is 5.56 Å². The zero-order valence-corrected chi connectivity index (χ0v) is 19.2. The van der Waals surface area contributed by atoms with Crippen LogP contribution in [0.1, 0.15) is 24.0 Å². The van der Waals surface area contributed by atoms with E-state index in [1.54, 1.807) is 4.57 Å². The lowest BCUT2D eigenvalue weighted by Gasteiger charge is -2.13. The third-order valence-electron chi connectivity index (χ3n) is 5.54. The van der Waals surface area contributed by atoms with Crippen molar-refractivity contribution in [2.24, 2.45) is 0 Å². The van der Waals surface area contributed by atoms with Gasteiger partial charge in [-0.15, -0.1) is 21.5 Å². The number of ether oxygens (including phenoxy) is 1. The van der Waals surface area contributed by atoms with Crippen LogP contribution in [-0.4, -0.2) is 43.5 Å². The van der Waals surface area contributed by atoms with E-state index in [4.69, 9.17) is 4.74 Å². The zero-order chi connectivity index (χ0) is 22.1. The fraction of sp³-hybridized carbons (Fsp3) is 0.364. The highest BCUT2D eigenvalue weighted by Crippen LogP contribution is 2.25. The summed E-state index contributed by atoms with van der Waals surface area (Å²) in [4.78, 5) is 25.5. The molecule has 0 unspecified atom stereocenters. The van der Waals surface area contributed by atoms with Crippen molar-refractivity contribution in [3.05, 3.63) is 57.2 Å². The number of fused-ring (bicyclic) bond motifs is 3. The fourth-order valence-corrected chi connectivity index (χ4v) is 5.43. The van der Waals surface area contributed by atoms with E-state index < -0.39 is 0 Å². The van der Waals surface area contributed by atoms with Crippen molar-refractivity contribution in [1.82, 2.24) is 24.5 Å². The van der Waals surface area contributed by atoms with Crippen LogP contribution in [0.4, 0.5) is 0 Å².